The number of hydrogen-bond donors (Lipinski definition) is 1. The molecule has 0 bridgehead atoms. The third-order valence-corrected chi connectivity index (χ3v) is 2.64. The van der Waals surface area contributed by atoms with Crippen LogP contribution in [0.1, 0.15) is 19.4 Å². The zero-order valence-electron chi connectivity index (χ0n) is 9.69. The van der Waals surface area contributed by atoms with E-state index in [4.69, 9.17) is 10.5 Å². The number of ether oxygens (including phenoxy) is 1. The van der Waals surface area contributed by atoms with Crippen molar-refractivity contribution in [3.8, 4) is 5.75 Å². The van der Waals surface area contributed by atoms with Crippen LogP contribution in [0, 0.1) is 10.1 Å². The van der Waals surface area contributed by atoms with Crippen molar-refractivity contribution in [3.05, 3.63) is 33.9 Å². The Morgan fingerprint density at radius 3 is 2.56 bits per heavy atom. The van der Waals surface area contributed by atoms with E-state index in [0.717, 1.165) is 0 Å². The first kappa shape index (κ1) is 12.4. The fraction of sp³-hybridized carbons (Fsp3) is 0.455. The Balaban J connectivity index is 3.34. The number of benzene rings is 1. The average Bonchev–Trinajstić information content (AvgIpc) is 2.28. The smallest absolute Gasteiger partial charge is 0.276 e. The Morgan fingerprint density at radius 1 is 1.50 bits per heavy atom. The molecule has 0 unspecified atom stereocenters. The molecule has 0 atom stereocenters. The van der Waals surface area contributed by atoms with Crippen LogP contribution in [-0.4, -0.2) is 18.6 Å². The molecule has 88 valence electrons. The van der Waals surface area contributed by atoms with Crippen LogP contribution < -0.4 is 10.5 Å². The summed E-state index contributed by atoms with van der Waals surface area (Å²) in [5, 5.41) is 11.0. The van der Waals surface area contributed by atoms with E-state index < -0.39 is 10.3 Å². The molecule has 0 saturated heterocycles. The first-order valence-electron chi connectivity index (χ1n) is 4.95. The van der Waals surface area contributed by atoms with Gasteiger partial charge >= 0.3 is 0 Å². The van der Waals surface area contributed by atoms with Gasteiger partial charge in [0.25, 0.3) is 5.69 Å². The van der Waals surface area contributed by atoms with E-state index >= 15 is 0 Å². The van der Waals surface area contributed by atoms with Crippen molar-refractivity contribution in [1.82, 2.24) is 0 Å². The van der Waals surface area contributed by atoms with Crippen molar-refractivity contribution in [1.29, 1.82) is 0 Å². The summed E-state index contributed by atoms with van der Waals surface area (Å²) in [5.74, 6) is 0.475. The maximum atomic E-state index is 11.0. The summed E-state index contributed by atoms with van der Waals surface area (Å²) in [5.41, 5.74) is 5.88. The minimum atomic E-state index is -0.422. The normalized spacial score (nSPS) is 11.2. The molecule has 0 radical (unpaired) electrons. The number of nitrogens with two attached hydrogens (primary N) is 1. The second-order valence-corrected chi connectivity index (χ2v) is 4.23. The highest BCUT2D eigenvalue weighted by molar-refractivity contribution is 5.49. The third-order valence-electron chi connectivity index (χ3n) is 2.64. The molecule has 0 saturated carbocycles. The standard InChI is InChI=1S/C11H16N2O3/c1-11(2,7-12)9-5-4-8(16-3)6-10(9)13(14)15/h4-6H,7,12H2,1-3H3. The van der Waals surface area contributed by atoms with Gasteiger partial charge in [0.15, 0.2) is 0 Å². The molecule has 5 heteroatoms. The van der Waals surface area contributed by atoms with Crippen LogP contribution in [0.4, 0.5) is 5.69 Å². The topological polar surface area (TPSA) is 78.4 Å². The maximum absolute atomic E-state index is 11.0. The minimum Gasteiger partial charge on any atom is -0.497 e. The summed E-state index contributed by atoms with van der Waals surface area (Å²) in [6, 6.07) is 4.83. The predicted molar refractivity (Wildman–Crippen MR) is 61.7 cm³/mol. The minimum absolute atomic E-state index is 0.0507. The summed E-state index contributed by atoms with van der Waals surface area (Å²) < 4.78 is 4.97. The fourth-order valence-corrected chi connectivity index (χ4v) is 1.47. The number of nitro benzene ring substituents is 1. The molecule has 0 aliphatic rings. The summed E-state index contributed by atoms with van der Waals surface area (Å²) in [4.78, 5) is 10.6. The van der Waals surface area contributed by atoms with Gasteiger partial charge < -0.3 is 10.5 Å². The molecule has 0 aromatic heterocycles. The first-order valence-corrected chi connectivity index (χ1v) is 4.95. The van der Waals surface area contributed by atoms with E-state index in [-0.39, 0.29) is 5.69 Å². The lowest BCUT2D eigenvalue weighted by Gasteiger charge is -2.22. The van der Waals surface area contributed by atoms with E-state index in [9.17, 15) is 10.1 Å². The lowest BCUT2D eigenvalue weighted by atomic mass is 9.83. The number of methoxy groups -OCH3 is 1. The summed E-state index contributed by atoms with van der Waals surface area (Å²) in [6.07, 6.45) is 0. The van der Waals surface area contributed by atoms with Crippen molar-refractivity contribution in [2.24, 2.45) is 5.73 Å². The lowest BCUT2D eigenvalue weighted by molar-refractivity contribution is -0.386. The van der Waals surface area contributed by atoms with Gasteiger partial charge in [0.1, 0.15) is 5.75 Å². The molecule has 2 N–H and O–H groups in total. The molecule has 1 rings (SSSR count). The van der Waals surface area contributed by atoms with E-state index in [1.807, 2.05) is 13.8 Å². The highest BCUT2D eigenvalue weighted by atomic mass is 16.6. The molecule has 0 heterocycles. The summed E-state index contributed by atoms with van der Waals surface area (Å²) in [7, 11) is 1.48. The highest BCUT2D eigenvalue weighted by Gasteiger charge is 2.28. The van der Waals surface area contributed by atoms with Crippen LogP contribution in [0.2, 0.25) is 0 Å². The van der Waals surface area contributed by atoms with Crippen LogP contribution in [0.5, 0.6) is 5.75 Å². The molecule has 0 aliphatic heterocycles. The van der Waals surface area contributed by atoms with Crippen molar-refractivity contribution >= 4 is 5.69 Å². The second kappa shape index (κ2) is 4.49. The maximum Gasteiger partial charge on any atom is 0.276 e. The van der Waals surface area contributed by atoms with Gasteiger partial charge in [-0.15, -0.1) is 0 Å². The summed E-state index contributed by atoms with van der Waals surface area (Å²) >= 11 is 0. The van der Waals surface area contributed by atoms with Gasteiger partial charge in [0, 0.05) is 17.5 Å². The third kappa shape index (κ3) is 2.30. The molecular weight excluding hydrogens is 208 g/mol. The molecule has 0 fully saturated rings. The van der Waals surface area contributed by atoms with Crippen molar-refractivity contribution < 1.29 is 9.66 Å². The molecule has 1 aromatic carbocycles. The van der Waals surface area contributed by atoms with Gasteiger partial charge in [-0.1, -0.05) is 13.8 Å². The van der Waals surface area contributed by atoms with Gasteiger partial charge in [-0.2, -0.15) is 0 Å². The van der Waals surface area contributed by atoms with Gasteiger partial charge in [0.2, 0.25) is 0 Å². The van der Waals surface area contributed by atoms with Gasteiger partial charge in [-0.3, -0.25) is 10.1 Å². The van der Waals surface area contributed by atoms with Crippen molar-refractivity contribution in [2.45, 2.75) is 19.3 Å². The van der Waals surface area contributed by atoms with Crippen molar-refractivity contribution in [2.75, 3.05) is 13.7 Å². The molecule has 0 amide bonds. The second-order valence-electron chi connectivity index (χ2n) is 4.23. The van der Waals surface area contributed by atoms with Crippen LogP contribution in [-0.2, 0) is 5.41 Å². The predicted octanol–water partition coefficient (Wildman–Crippen LogP) is 1.84. The first-order chi connectivity index (χ1) is 7.42. The molecule has 0 spiro atoms. The van der Waals surface area contributed by atoms with Crippen LogP contribution in [0.25, 0.3) is 0 Å². The monoisotopic (exact) mass is 224 g/mol. The quantitative estimate of drug-likeness (QED) is 0.625. The fourth-order valence-electron chi connectivity index (χ4n) is 1.47. The zero-order chi connectivity index (χ0) is 12.3. The Hall–Kier alpha value is -1.62. The zero-order valence-corrected chi connectivity index (χ0v) is 9.69. The average molecular weight is 224 g/mol. The van der Waals surface area contributed by atoms with Crippen molar-refractivity contribution in [3.63, 3.8) is 0 Å². The highest BCUT2D eigenvalue weighted by Crippen LogP contribution is 2.33. The lowest BCUT2D eigenvalue weighted by Crippen LogP contribution is -2.28. The number of nitrogens with zero attached hydrogens (tertiary/aromatic N) is 1. The van der Waals surface area contributed by atoms with Crippen LogP contribution >= 0.6 is 0 Å². The van der Waals surface area contributed by atoms with Gasteiger partial charge in [0.05, 0.1) is 18.1 Å². The molecule has 0 aliphatic carbocycles. The Kier molecular flexibility index (Phi) is 3.49. The molecule has 1 aromatic rings. The van der Waals surface area contributed by atoms with Crippen LogP contribution in [0.15, 0.2) is 18.2 Å². The van der Waals surface area contributed by atoms with E-state index in [1.165, 1.54) is 13.2 Å². The van der Waals surface area contributed by atoms with E-state index in [1.54, 1.807) is 12.1 Å². The van der Waals surface area contributed by atoms with E-state index in [0.29, 0.717) is 17.9 Å². The van der Waals surface area contributed by atoms with Crippen LogP contribution in [0.3, 0.4) is 0 Å². The summed E-state index contributed by atoms with van der Waals surface area (Å²) in [6.45, 7) is 4.10. The van der Waals surface area contributed by atoms with E-state index in [2.05, 4.69) is 0 Å². The Morgan fingerprint density at radius 2 is 2.12 bits per heavy atom. The van der Waals surface area contributed by atoms with Gasteiger partial charge in [-0.25, -0.2) is 0 Å². The SMILES string of the molecule is COc1ccc(C(C)(C)CN)c([N+](=O)[O-])c1. The largest absolute Gasteiger partial charge is 0.497 e. The molecule has 16 heavy (non-hydrogen) atoms. The Labute approximate surface area is 94.4 Å². The molecular formula is C11H16N2O3. The Bertz CT molecular complexity index is 402. The number of hydrogen-bond acceptors (Lipinski definition) is 4. The molecule has 5 nitrogen and oxygen atoms in total. The number of nitro groups is 1. The van der Waals surface area contributed by atoms with Gasteiger partial charge in [-0.05, 0) is 12.1 Å². The number of rotatable bonds is 4.